The zero-order valence-electron chi connectivity index (χ0n) is 13.0. The van der Waals surface area contributed by atoms with Gasteiger partial charge in [0.15, 0.2) is 0 Å². The van der Waals surface area contributed by atoms with Gasteiger partial charge in [0, 0.05) is 45.1 Å². The first kappa shape index (κ1) is 16.2. The molecule has 0 unspecified atom stereocenters. The fourth-order valence-electron chi connectivity index (χ4n) is 2.31. The predicted molar refractivity (Wildman–Crippen MR) is 83.7 cm³/mol. The number of amides is 2. The minimum absolute atomic E-state index is 0.131. The van der Waals surface area contributed by atoms with E-state index in [0.717, 1.165) is 25.7 Å². The Morgan fingerprint density at radius 1 is 1.23 bits per heavy atom. The number of aromatic nitrogens is 2. The molecule has 2 rings (SSSR count). The van der Waals surface area contributed by atoms with Crippen molar-refractivity contribution in [3.63, 3.8) is 0 Å². The van der Waals surface area contributed by atoms with E-state index in [0.29, 0.717) is 44.2 Å². The Hall–Kier alpha value is -2.18. The van der Waals surface area contributed by atoms with Gasteiger partial charge in [0.2, 0.25) is 12.4 Å². The van der Waals surface area contributed by atoms with Gasteiger partial charge in [-0.15, -0.1) is 0 Å². The van der Waals surface area contributed by atoms with Crippen LogP contribution < -0.4 is 10.2 Å². The van der Waals surface area contributed by atoms with Gasteiger partial charge in [-0.3, -0.25) is 9.59 Å². The van der Waals surface area contributed by atoms with E-state index >= 15 is 0 Å². The number of nitrogens with one attached hydrogen (secondary N) is 1. The molecule has 0 radical (unpaired) electrons. The van der Waals surface area contributed by atoms with Crippen LogP contribution in [-0.4, -0.2) is 59.9 Å². The average Bonchev–Trinajstić information content (AvgIpc) is 2.59. The van der Waals surface area contributed by atoms with Crippen LogP contribution in [0.15, 0.2) is 12.4 Å². The maximum atomic E-state index is 11.9. The van der Waals surface area contributed by atoms with Crippen molar-refractivity contribution in [3.05, 3.63) is 18.0 Å². The first-order valence-corrected chi connectivity index (χ1v) is 7.79. The van der Waals surface area contributed by atoms with Crippen LogP contribution in [0.3, 0.4) is 0 Å². The molecule has 0 bridgehead atoms. The van der Waals surface area contributed by atoms with E-state index < -0.39 is 0 Å². The summed E-state index contributed by atoms with van der Waals surface area (Å²) in [6.45, 7) is 5.58. The van der Waals surface area contributed by atoms with Gasteiger partial charge in [-0.25, -0.2) is 9.97 Å². The highest BCUT2D eigenvalue weighted by atomic mass is 16.1. The topological polar surface area (TPSA) is 78.4 Å². The molecule has 120 valence electrons. The first-order chi connectivity index (χ1) is 10.7. The van der Waals surface area contributed by atoms with Gasteiger partial charge < -0.3 is 15.1 Å². The summed E-state index contributed by atoms with van der Waals surface area (Å²) < 4.78 is 0. The fraction of sp³-hybridized carbons (Fsp3) is 0.600. The summed E-state index contributed by atoms with van der Waals surface area (Å²) in [5, 5.41) is 2.87. The highest BCUT2D eigenvalue weighted by molar-refractivity contribution is 5.93. The highest BCUT2D eigenvalue weighted by Crippen LogP contribution is 2.10. The van der Waals surface area contributed by atoms with Gasteiger partial charge in [-0.05, 0) is 6.42 Å². The molecule has 1 fully saturated rings. The van der Waals surface area contributed by atoms with Gasteiger partial charge in [0.05, 0.1) is 5.56 Å². The molecule has 7 heteroatoms. The number of unbranched alkanes of at least 4 members (excludes halogenated alkanes) is 2. The quantitative estimate of drug-likeness (QED) is 0.592. The van der Waals surface area contributed by atoms with Gasteiger partial charge >= 0.3 is 0 Å². The number of rotatable bonds is 7. The molecule has 1 aromatic heterocycles. The Morgan fingerprint density at radius 3 is 2.50 bits per heavy atom. The lowest BCUT2D eigenvalue weighted by Gasteiger charge is -2.32. The Morgan fingerprint density at radius 2 is 1.91 bits per heavy atom. The summed E-state index contributed by atoms with van der Waals surface area (Å²) in [7, 11) is 0. The maximum Gasteiger partial charge on any atom is 0.254 e. The normalized spacial score (nSPS) is 14.8. The van der Waals surface area contributed by atoms with Crippen molar-refractivity contribution in [2.24, 2.45) is 0 Å². The first-order valence-electron chi connectivity index (χ1n) is 7.79. The van der Waals surface area contributed by atoms with Crippen molar-refractivity contribution in [2.45, 2.75) is 26.2 Å². The summed E-state index contributed by atoms with van der Waals surface area (Å²) in [5.74, 6) is 0.474. The zero-order chi connectivity index (χ0) is 15.8. The molecule has 1 aromatic rings. The Labute approximate surface area is 130 Å². The summed E-state index contributed by atoms with van der Waals surface area (Å²) in [6.07, 6.45) is 7.22. The second-order valence-corrected chi connectivity index (χ2v) is 5.36. The summed E-state index contributed by atoms with van der Waals surface area (Å²) in [4.78, 5) is 34.9. The fourth-order valence-corrected chi connectivity index (χ4v) is 2.31. The number of carbonyl (C=O) groups excluding carboxylic acids is 2. The van der Waals surface area contributed by atoms with Crippen molar-refractivity contribution in [1.29, 1.82) is 0 Å². The van der Waals surface area contributed by atoms with Crippen LogP contribution in [0.4, 0.5) is 5.95 Å². The lowest BCUT2D eigenvalue weighted by atomic mass is 10.2. The minimum atomic E-state index is -0.131. The van der Waals surface area contributed by atoms with Gasteiger partial charge in [0.1, 0.15) is 0 Å². The van der Waals surface area contributed by atoms with E-state index in [9.17, 15) is 9.59 Å². The lowest BCUT2D eigenvalue weighted by Crippen LogP contribution is -2.46. The molecular formula is C15H23N5O2. The van der Waals surface area contributed by atoms with E-state index in [1.165, 1.54) is 0 Å². The van der Waals surface area contributed by atoms with Crippen LogP contribution >= 0.6 is 0 Å². The SMILES string of the molecule is CCCCCNC(=O)c1cnc(N2CCN(C=O)CC2)nc1. The monoisotopic (exact) mass is 305 g/mol. The van der Waals surface area contributed by atoms with Gasteiger partial charge in [0.25, 0.3) is 5.91 Å². The molecule has 2 amide bonds. The third kappa shape index (κ3) is 4.41. The van der Waals surface area contributed by atoms with Crippen LogP contribution in [0.2, 0.25) is 0 Å². The Bertz CT molecular complexity index is 483. The second-order valence-electron chi connectivity index (χ2n) is 5.36. The van der Waals surface area contributed by atoms with Crippen LogP contribution in [0.5, 0.6) is 0 Å². The second kappa shape index (κ2) is 8.31. The molecule has 0 aliphatic carbocycles. The predicted octanol–water partition coefficient (Wildman–Crippen LogP) is 0.675. The standard InChI is InChI=1S/C15H23N5O2/c1-2-3-4-5-16-14(22)13-10-17-15(18-11-13)20-8-6-19(12-21)7-9-20/h10-12H,2-9H2,1H3,(H,16,22). The summed E-state index contributed by atoms with van der Waals surface area (Å²) in [6, 6.07) is 0. The number of piperazine rings is 1. The van der Waals surface area contributed by atoms with Crippen LogP contribution in [0, 0.1) is 0 Å². The zero-order valence-corrected chi connectivity index (χ0v) is 13.0. The van der Waals surface area contributed by atoms with Crippen LogP contribution in [0.25, 0.3) is 0 Å². The number of nitrogens with zero attached hydrogens (tertiary/aromatic N) is 4. The highest BCUT2D eigenvalue weighted by Gasteiger charge is 2.18. The van der Waals surface area contributed by atoms with Crippen LogP contribution in [0.1, 0.15) is 36.5 Å². The third-order valence-corrected chi connectivity index (χ3v) is 3.71. The molecule has 0 atom stereocenters. The lowest BCUT2D eigenvalue weighted by molar-refractivity contribution is -0.118. The largest absolute Gasteiger partial charge is 0.352 e. The average molecular weight is 305 g/mol. The molecule has 7 nitrogen and oxygen atoms in total. The Kier molecular flexibility index (Phi) is 6.12. The molecule has 1 saturated heterocycles. The van der Waals surface area contributed by atoms with Crippen molar-refractivity contribution in [2.75, 3.05) is 37.6 Å². The number of anilines is 1. The maximum absolute atomic E-state index is 11.9. The van der Waals surface area contributed by atoms with E-state index in [1.807, 2.05) is 4.90 Å². The summed E-state index contributed by atoms with van der Waals surface area (Å²) >= 11 is 0. The van der Waals surface area contributed by atoms with Crippen molar-refractivity contribution < 1.29 is 9.59 Å². The van der Waals surface area contributed by atoms with Gasteiger partial charge in [-0.1, -0.05) is 19.8 Å². The van der Waals surface area contributed by atoms with E-state index in [4.69, 9.17) is 0 Å². The molecule has 1 N–H and O–H groups in total. The van der Waals surface area contributed by atoms with Crippen molar-refractivity contribution in [3.8, 4) is 0 Å². The molecule has 22 heavy (non-hydrogen) atoms. The minimum Gasteiger partial charge on any atom is -0.352 e. The number of hydrogen-bond acceptors (Lipinski definition) is 5. The van der Waals surface area contributed by atoms with E-state index in [1.54, 1.807) is 17.3 Å². The summed E-state index contributed by atoms with van der Waals surface area (Å²) in [5.41, 5.74) is 0.478. The molecule has 1 aliphatic heterocycles. The van der Waals surface area contributed by atoms with Crippen LogP contribution in [-0.2, 0) is 4.79 Å². The van der Waals surface area contributed by atoms with Crippen molar-refractivity contribution >= 4 is 18.3 Å². The molecular weight excluding hydrogens is 282 g/mol. The van der Waals surface area contributed by atoms with E-state index in [2.05, 4.69) is 22.2 Å². The Balaban J connectivity index is 1.85. The smallest absolute Gasteiger partial charge is 0.254 e. The van der Waals surface area contributed by atoms with Crippen molar-refractivity contribution in [1.82, 2.24) is 20.2 Å². The molecule has 2 heterocycles. The molecule has 0 saturated carbocycles. The molecule has 0 spiro atoms. The van der Waals surface area contributed by atoms with E-state index in [-0.39, 0.29) is 5.91 Å². The van der Waals surface area contributed by atoms with Gasteiger partial charge in [-0.2, -0.15) is 0 Å². The number of carbonyl (C=O) groups is 2. The molecule has 0 aromatic carbocycles. The third-order valence-electron chi connectivity index (χ3n) is 3.71. The molecule has 1 aliphatic rings. The number of hydrogen-bond donors (Lipinski definition) is 1.